The first kappa shape index (κ1) is 16.7. The molecule has 5 heterocycles. The lowest BCUT2D eigenvalue weighted by molar-refractivity contribution is 0.751. The Morgan fingerprint density at radius 2 is 2.07 bits per heavy atom. The van der Waals surface area contributed by atoms with Crippen molar-refractivity contribution < 1.29 is 0 Å². The molecule has 0 amide bonds. The maximum Gasteiger partial charge on any atom is 0.180 e. The summed E-state index contributed by atoms with van der Waals surface area (Å²) in [6, 6.07) is 4.24. The molecule has 9 nitrogen and oxygen atoms in total. The Balaban J connectivity index is 1.42. The average Bonchev–Trinajstić information content (AvgIpc) is 3.42. The minimum absolute atomic E-state index is 0.232. The highest BCUT2D eigenvalue weighted by atomic mass is 15.2. The molecular weight excluding hydrogens is 354 g/mol. The van der Waals surface area contributed by atoms with E-state index in [1.54, 1.807) is 10.9 Å². The van der Waals surface area contributed by atoms with Crippen LogP contribution in [-0.2, 0) is 7.05 Å². The summed E-state index contributed by atoms with van der Waals surface area (Å²) < 4.78 is 3.77. The molecule has 0 radical (unpaired) electrons. The van der Waals surface area contributed by atoms with Crippen LogP contribution in [0.5, 0.6) is 0 Å². The Bertz CT molecular complexity index is 1110. The smallest absolute Gasteiger partial charge is 0.180 e. The fourth-order valence-corrected chi connectivity index (χ4v) is 3.55. The van der Waals surface area contributed by atoms with Gasteiger partial charge < -0.3 is 16.0 Å². The van der Waals surface area contributed by atoms with Gasteiger partial charge in [0, 0.05) is 50.3 Å². The van der Waals surface area contributed by atoms with Crippen molar-refractivity contribution in [3.8, 4) is 11.3 Å². The van der Waals surface area contributed by atoms with Crippen molar-refractivity contribution >= 4 is 23.0 Å². The quantitative estimate of drug-likeness (QED) is 0.561. The highest BCUT2D eigenvalue weighted by molar-refractivity contribution is 5.73. The molecule has 1 aliphatic heterocycles. The topological polar surface area (TPSA) is 102 Å². The van der Waals surface area contributed by atoms with E-state index in [1.165, 1.54) is 0 Å². The Kier molecular flexibility index (Phi) is 3.94. The molecule has 9 heteroatoms. The molecular formula is C19H21N9. The van der Waals surface area contributed by atoms with E-state index in [1.807, 2.05) is 54.6 Å². The third-order valence-corrected chi connectivity index (χ3v) is 4.99. The Morgan fingerprint density at radius 1 is 1.14 bits per heavy atom. The van der Waals surface area contributed by atoms with Crippen LogP contribution in [0.3, 0.4) is 0 Å². The second-order valence-electron chi connectivity index (χ2n) is 7.04. The van der Waals surface area contributed by atoms with E-state index in [4.69, 9.17) is 5.73 Å². The molecule has 3 N–H and O–H groups in total. The molecule has 1 aliphatic rings. The molecule has 142 valence electrons. The molecule has 28 heavy (non-hydrogen) atoms. The maximum atomic E-state index is 5.99. The standard InChI is InChI=1S/C19H21N9/c1-26-11-13(8-24-26)16-10-23-19-18(21-5-7-28(16)19)25-15-2-3-17(22-9-15)27-6-4-14(20)12-27/h2-3,5,7-11,14H,4,6,12,20H2,1H3,(H,21,25). The number of aryl methyl sites for hydroxylation is 1. The van der Waals surface area contributed by atoms with Crippen molar-refractivity contribution in [1.82, 2.24) is 29.1 Å². The molecule has 0 aliphatic carbocycles. The number of fused-ring (bicyclic) bond motifs is 1. The zero-order valence-corrected chi connectivity index (χ0v) is 15.5. The summed E-state index contributed by atoms with van der Waals surface area (Å²) in [7, 11) is 1.90. The number of aromatic nitrogens is 6. The lowest BCUT2D eigenvalue weighted by Crippen LogP contribution is -2.26. The fourth-order valence-electron chi connectivity index (χ4n) is 3.55. The van der Waals surface area contributed by atoms with Crippen LogP contribution in [0.15, 0.2) is 49.3 Å². The third kappa shape index (κ3) is 2.95. The number of pyridine rings is 1. The second-order valence-corrected chi connectivity index (χ2v) is 7.04. The van der Waals surface area contributed by atoms with E-state index in [2.05, 4.69) is 30.3 Å². The lowest BCUT2D eigenvalue weighted by atomic mass is 10.3. The van der Waals surface area contributed by atoms with E-state index >= 15 is 0 Å². The van der Waals surface area contributed by atoms with Gasteiger partial charge in [-0.3, -0.25) is 9.08 Å². The molecule has 1 atom stereocenters. The van der Waals surface area contributed by atoms with Crippen LogP contribution in [-0.4, -0.2) is 48.3 Å². The van der Waals surface area contributed by atoms with Gasteiger partial charge in [0.25, 0.3) is 0 Å². The number of hydrogen-bond donors (Lipinski definition) is 2. The highest BCUT2D eigenvalue weighted by Crippen LogP contribution is 2.25. The Labute approximate surface area is 161 Å². The number of anilines is 3. The van der Waals surface area contributed by atoms with Crippen LogP contribution < -0.4 is 16.0 Å². The molecule has 0 bridgehead atoms. The molecule has 0 spiro atoms. The van der Waals surface area contributed by atoms with Crippen LogP contribution in [0.2, 0.25) is 0 Å². The highest BCUT2D eigenvalue weighted by Gasteiger charge is 2.20. The summed E-state index contributed by atoms with van der Waals surface area (Å²) in [5.74, 6) is 1.62. The Hall–Kier alpha value is -3.46. The van der Waals surface area contributed by atoms with Crippen LogP contribution in [0.25, 0.3) is 16.9 Å². The predicted molar refractivity (Wildman–Crippen MR) is 108 cm³/mol. The second kappa shape index (κ2) is 6.61. The van der Waals surface area contributed by atoms with Gasteiger partial charge in [-0.05, 0) is 18.6 Å². The fraction of sp³-hybridized carbons (Fsp3) is 0.263. The van der Waals surface area contributed by atoms with Crippen molar-refractivity contribution in [1.29, 1.82) is 0 Å². The van der Waals surface area contributed by atoms with Gasteiger partial charge in [0.1, 0.15) is 5.82 Å². The van der Waals surface area contributed by atoms with Crippen LogP contribution in [0.4, 0.5) is 17.3 Å². The maximum absolute atomic E-state index is 5.99. The zero-order valence-electron chi connectivity index (χ0n) is 15.5. The summed E-state index contributed by atoms with van der Waals surface area (Å²) in [4.78, 5) is 15.8. The molecule has 0 aromatic carbocycles. The van der Waals surface area contributed by atoms with Crippen LogP contribution in [0, 0.1) is 0 Å². The van der Waals surface area contributed by atoms with Crippen molar-refractivity contribution in [3.63, 3.8) is 0 Å². The SMILES string of the molecule is Cn1cc(-c2cnc3c(Nc4ccc(N5CCC(N)C5)nc4)nccn23)cn1. The zero-order chi connectivity index (χ0) is 19.1. The van der Waals surface area contributed by atoms with E-state index in [0.717, 1.165) is 47.9 Å². The van der Waals surface area contributed by atoms with Crippen LogP contribution in [0.1, 0.15) is 6.42 Å². The van der Waals surface area contributed by atoms with Crippen molar-refractivity contribution in [2.75, 3.05) is 23.3 Å². The van der Waals surface area contributed by atoms with Gasteiger partial charge in [-0.25, -0.2) is 15.0 Å². The van der Waals surface area contributed by atoms with E-state index < -0.39 is 0 Å². The Morgan fingerprint density at radius 3 is 2.79 bits per heavy atom. The molecule has 1 unspecified atom stereocenters. The summed E-state index contributed by atoms with van der Waals surface area (Å²) in [5.41, 5.74) is 9.56. The van der Waals surface area contributed by atoms with Gasteiger partial charge >= 0.3 is 0 Å². The minimum Gasteiger partial charge on any atom is -0.355 e. The average molecular weight is 375 g/mol. The number of hydrogen-bond acceptors (Lipinski definition) is 7. The van der Waals surface area contributed by atoms with E-state index in [0.29, 0.717) is 5.82 Å². The molecule has 0 saturated carbocycles. The van der Waals surface area contributed by atoms with Crippen molar-refractivity contribution in [2.45, 2.75) is 12.5 Å². The number of imidazole rings is 1. The van der Waals surface area contributed by atoms with Gasteiger partial charge in [-0.2, -0.15) is 5.10 Å². The number of nitrogens with zero attached hydrogens (tertiary/aromatic N) is 7. The van der Waals surface area contributed by atoms with E-state index in [9.17, 15) is 0 Å². The van der Waals surface area contributed by atoms with Gasteiger partial charge in [-0.1, -0.05) is 0 Å². The summed E-state index contributed by atoms with van der Waals surface area (Å²) in [6.45, 7) is 1.80. The third-order valence-electron chi connectivity index (χ3n) is 4.99. The van der Waals surface area contributed by atoms with Crippen molar-refractivity contribution in [2.24, 2.45) is 12.8 Å². The monoisotopic (exact) mass is 375 g/mol. The summed E-state index contributed by atoms with van der Waals surface area (Å²) in [6.07, 6.45) is 12.1. The first-order valence-corrected chi connectivity index (χ1v) is 9.22. The van der Waals surface area contributed by atoms with Gasteiger partial charge in [-0.15, -0.1) is 0 Å². The lowest BCUT2D eigenvalue weighted by Gasteiger charge is -2.17. The molecule has 4 aromatic rings. The number of nitrogens with two attached hydrogens (primary N) is 1. The summed E-state index contributed by atoms with van der Waals surface area (Å²) in [5, 5.41) is 7.56. The normalized spacial score (nSPS) is 16.8. The summed E-state index contributed by atoms with van der Waals surface area (Å²) >= 11 is 0. The van der Waals surface area contributed by atoms with Gasteiger partial charge in [0.2, 0.25) is 0 Å². The predicted octanol–water partition coefficient (Wildman–Crippen LogP) is 1.81. The first-order valence-electron chi connectivity index (χ1n) is 9.22. The van der Waals surface area contributed by atoms with Crippen molar-refractivity contribution in [3.05, 3.63) is 49.3 Å². The molecule has 1 fully saturated rings. The van der Waals surface area contributed by atoms with E-state index in [-0.39, 0.29) is 6.04 Å². The molecule has 4 aromatic heterocycles. The van der Waals surface area contributed by atoms with Crippen LogP contribution >= 0.6 is 0 Å². The largest absolute Gasteiger partial charge is 0.355 e. The number of rotatable bonds is 4. The first-order chi connectivity index (χ1) is 13.7. The molecule has 1 saturated heterocycles. The number of nitrogens with one attached hydrogen (secondary N) is 1. The van der Waals surface area contributed by atoms with Gasteiger partial charge in [0.05, 0.1) is 30.0 Å². The van der Waals surface area contributed by atoms with Gasteiger partial charge in [0.15, 0.2) is 11.5 Å². The molecule has 5 rings (SSSR count). The minimum atomic E-state index is 0.232.